The van der Waals surface area contributed by atoms with Crippen molar-refractivity contribution in [3.05, 3.63) is 64.9 Å². The van der Waals surface area contributed by atoms with Crippen molar-refractivity contribution >= 4 is 34.2 Å². The lowest BCUT2D eigenvalue weighted by Gasteiger charge is -2.01. The van der Waals surface area contributed by atoms with Crippen molar-refractivity contribution in [3.8, 4) is 22.8 Å². The molecule has 0 aliphatic carbocycles. The fraction of sp³-hybridized carbons (Fsp3) is 0. The number of hydrogen-bond donors (Lipinski definition) is 1. The second-order valence-electron chi connectivity index (χ2n) is 5.02. The maximum atomic E-state index is 6.03. The molecule has 3 heterocycles. The van der Waals surface area contributed by atoms with Gasteiger partial charge in [0.1, 0.15) is 5.69 Å². The van der Waals surface area contributed by atoms with Crippen LogP contribution in [0.25, 0.3) is 33.8 Å². The van der Waals surface area contributed by atoms with Crippen molar-refractivity contribution < 1.29 is 0 Å². The van der Waals surface area contributed by atoms with Gasteiger partial charge in [-0.3, -0.25) is 9.97 Å². The Bertz CT molecular complexity index is 940. The molecule has 3 aromatic heterocycles. The summed E-state index contributed by atoms with van der Waals surface area (Å²) in [6, 6.07) is 13.2. The third kappa shape index (κ3) is 2.67. The lowest BCUT2D eigenvalue weighted by Crippen LogP contribution is -1.88. The molecule has 0 unspecified atom stereocenters. The second kappa shape index (κ2) is 5.65. The molecule has 0 radical (unpaired) electrons. The summed E-state index contributed by atoms with van der Waals surface area (Å²) in [5.41, 5.74) is 4.16. The van der Waals surface area contributed by atoms with Gasteiger partial charge in [0.05, 0.1) is 26.8 Å². The third-order valence-corrected chi connectivity index (χ3v) is 4.21. The fourth-order valence-electron chi connectivity index (χ4n) is 2.35. The van der Waals surface area contributed by atoms with E-state index in [0.717, 1.165) is 28.0 Å². The van der Waals surface area contributed by atoms with Crippen LogP contribution in [-0.2, 0) is 0 Å². The van der Waals surface area contributed by atoms with Crippen molar-refractivity contribution in [1.82, 2.24) is 19.9 Å². The summed E-state index contributed by atoms with van der Waals surface area (Å²) in [4.78, 5) is 16.5. The molecule has 4 aromatic rings. The molecule has 0 spiro atoms. The molecule has 0 saturated carbocycles. The zero-order chi connectivity index (χ0) is 15.8. The molecule has 0 amide bonds. The number of fused-ring (bicyclic) bond motifs is 1. The van der Waals surface area contributed by atoms with Gasteiger partial charge in [-0.1, -0.05) is 29.3 Å². The molecule has 6 heteroatoms. The molecule has 1 N–H and O–H groups in total. The third-order valence-electron chi connectivity index (χ3n) is 3.49. The predicted octanol–water partition coefficient (Wildman–Crippen LogP) is 4.99. The Morgan fingerprint density at radius 2 is 1.74 bits per heavy atom. The zero-order valence-electron chi connectivity index (χ0n) is 11.8. The molecule has 0 bridgehead atoms. The van der Waals surface area contributed by atoms with Crippen LogP contribution in [-0.4, -0.2) is 19.9 Å². The van der Waals surface area contributed by atoms with Crippen molar-refractivity contribution in [2.75, 3.05) is 0 Å². The van der Waals surface area contributed by atoms with Gasteiger partial charge in [-0.25, -0.2) is 4.98 Å². The van der Waals surface area contributed by atoms with E-state index < -0.39 is 0 Å². The summed E-state index contributed by atoms with van der Waals surface area (Å²) in [5.74, 6) is 0.672. The van der Waals surface area contributed by atoms with E-state index in [9.17, 15) is 0 Å². The van der Waals surface area contributed by atoms with Gasteiger partial charge >= 0.3 is 0 Å². The first-order chi connectivity index (χ1) is 11.2. The number of halogens is 2. The Labute approximate surface area is 142 Å². The van der Waals surface area contributed by atoms with Crippen LogP contribution in [0.5, 0.6) is 0 Å². The summed E-state index contributed by atoms with van der Waals surface area (Å²) < 4.78 is 0. The van der Waals surface area contributed by atoms with Gasteiger partial charge in [-0.15, -0.1) is 0 Å². The van der Waals surface area contributed by atoms with Crippen LogP contribution in [0.1, 0.15) is 0 Å². The van der Waals surface area contributed by atoms with Gasteiger partial charge in [-0.2, -0.15) is 0 Å². The summed E-state index contributed by atoms with van der Waals surface area (Å²) >= 11 is 12.1. The topological polar surface area (TPSA) is 54.5 Å². The molecular formula is C17H10Cl2N4. The van der Waals surface area contributed by atoms with Crippen LogP contribution in [0.2, 0.25) is 10.0 Å². The summed E-state index contributed by atoms with van der Waals surface area (Å²) in [7, 11) is 0. The van der Waals surface area contributed by atoms with E-state index in [4.69, 9.17) is 23.2 Å². The highest BCUT2D eigenvalue weighted by Gasteiger charge is 2.09. The van der Waals surface area contributed by atoms with Crippen LogP contribution in [0.15, 0.2) is 54.9 Å². The molecule has 0 aliphatic rings. The Balaban J connectivity index is 1.73. The highest BCUT2D eigenvalue weighted by atomic mass is 35.5. The molecule has 4 nitrogen and oxygen atoms in total. The predicted molar refractivity (Wildman–Crippen MR) is 92.6 cm³/mol. The number of aromatic amines is 1. The maximum Gasteiger partial charge on any atom is 0.157 e. The first-order valence-corrected chi connectivity index (χ1v) is 7.69. The summed E-state index contributed by atoms with van der Waals surface area (Å²) in [6.45, 7) is 0. The molecule has 23 heavy (non-hydrogen) atoms. The van der Waals surface area contributed by atoms with Crippen LogP contribution in [0, 0.1) is 0 Å². The van der Waals surface area contributed by atoms with Crippen LogP contribution in [0.4, 0.5) is 0 Å². The van der Waals surface area contributed by atoms with E-state index in [1.807, 2.05) is 30.3 Å². The van der Waals surface area contributed by atoms with E-state index in [0.29, 0.717) is 15.9 Å². The smallest absolute Gasteiger partial charge is 0.157 e. The normalized spacial score (nSPS) is 11.0. The second-order valence-corrected chi connectivity index (χ2v) is 5.83. The van der Waals surface area contributed by atoms with Gasteiger partial charge in [0.2, 0.25) is 0 Å². The SMILES string of the molecule is Clc1cc2nc(-c3ccc(-c4ccccn4)cn3)[nH]c2cc1Cl. The standard InChI is InChI=1S/C17H10Cl2N4/c18-11-7-15-16(8-12(11)19)23-17(22-15)14-5-4-10(9-21-14)13-3-1-2-6-20-13/h1-9H,(H,22,23). The van der Waals surface area contributed by atoms with E-state index in [1.54, 1.807) is 24.5 Å². The van der Waals surface area contributed by atoms with Crippen LogP contribution in [0.3, 0.4) is 0 Å². The van der Waals surface area contributed by atoms with E-state index in [1.165, 1.54) is 0 Å². The fourth-order valence-corrected chi connectivity index (χ4v) is 2.67. The minimum Gasteiger partial charge on any atom is -0.337 e. The quantitative estimate of drug-likeness (QED) is 0.559. The van der Waals surface area contributed by atoms with Crippen LogP contribution >= 0.6 is 23.2 Å². The zero-order valence-corrected chi connectivity index (χ0v) is 13.3. The Kier molecular flexibility index (Phi) is 3.48. The molecule has 1 aromatic carbocycles. The van der Waals surface area contributed by atoms with Gasteiger partial charge in [0.15, 0.2) is 5.82 Å². The van der Waals surface area contributed by atoms with E-state index >= 15 is 0 Å². The number of H-pyrrole nitrogens is 1. The summed E-state index contributed by atoms with van der Waals surface area (Å²) in [5, 5.41) is 0.975. The first-order valence-electron chi connectivity index (χ1n) is 6.93. The molecule has 0 fully saturated rings. The Morgan fingerprint density at radius 3 is 2.48 bits per heavy atom. The molecule has 4 rings (SSSR count). The minimum atomic E-state index is 0.482. The monoisotopic (exact) mass is 340 g/mol. The maximum absolute atomic E-state index is 6.03. The molecule has 0 aliphatic heterocycles. The molecule has 0 saturated heterocycles. The highest BCUT2D eigenvalue weighted by molar-refractivity contribution is 6.42. The largest absolute Gasteiger partial charge is 0.337 e. The average molecular weight is 341 g/mol. The van der Waals surface area contributed by atoms with Gasteiger partial charge in [-0.05, 0) is 36.4 Å². The van der Waals surface area contributed by atoms with Crippen molar-refractivity contribution in [1.29, 1.82) is 0 Å². The number of hydrogen-bond acceptors (Lipinski definition) is 3. The first kappa shape index (κ1) is 14.2. The molecular weight excluding hydrogens is 331 g/mol. The van der Waals surface area contributed by atoms with E-state index in [2.05, 4.69) is 19.9 Å². The van der Waals surface area contributed by atoms with Crippen molar-refractivity contribution in [2.45, 2.75) is 0 Å². The Morgan fingerprint density at radius 1 is 0.870 bits per heavy atom. The van der Waals surface area contributed by atoms with Crippen LogP contribution < -0.4 is 0 Å². The minimum absolute atomic E-state index is 0.482. The summed E-state index contributed by atoms with van der Waals surface area (Å²) in [6.07, 6.45) is 3.54. The Hall–Kier alpha value is -2.43. The number of imidazole rings is 1. The van der Waals surface area contributed by atoms with Crippen molar-refractivity contribution in [3.63, 3.8) is 0 Å². The average Bonchev–Trinajstić information content (AvgIpc) is 2.99. The lowest BCUT2D eigenvalue weighted by atomic mass is 10.2. The number of rotatable bonds is 2. The number of pyridine rings is 2. The van der Waals surface area contributed by atoms with Crippen molar-refractivity contribution in [2.24, 2.45) is 0 Å². The number of nitrogens with zero attached hydrogens (tertiary/aromatic N) is 3. The van der Waals surface area contributed by atoms with E-state index in [-0.39, 0.29) is 0 Å². The van der Waals surface area contributed by atoms with Gasteiger partial charge in [0.25, 0.3) is 0 Å². The number of aromatic nitrogens is 4. The van der Waals surface area contributed by atoms with Gasteiger partial charge in [0, 0.05) is 18.0 Å². The number of nitrogens with one attached hydrogen (secondary N) is 1. The number of benzene rings is 1. The van der Waals surface area contributed by atoms with Gasteiger partial charge < -0.3 is 4.98 Å². The molecule has 0 atom stereocenters. The highest BCUT2D eigenvalue weighted by Crippen LogP contribution is 2.28. The molecule has 112 valence electrons. The lowest BCUT2D eigenvalue weighted by molar-refractivity contribution is 1.23.